The molecule has 0 spiro atoms. The minimum atomic E-state index is 0.527. The highest BCUT2D eigenvalue weighted by Crippen LogP contribution is 2.36. The number of rotatable bonds is 0. The third kappa shape index (κ3) is 1.63. The van der Waals surface area contributed by atoms with Crippen molar-refractivity contribution in [3.8, 4) is 0 Å². The van der Waals surface area contributed by atoms with E-state index in [4.69, 9.17) is 0 Å². The van der Waals surface area contributed by atoms with Crippen LogP contribution < -0.4 is 0 Å². The molecule has 1 nitrogen and oxygen atoms in total. The zero-order valence-electron chi connectivity index (χ0n) is 7.01. The molecule has 0 radical (unpaired) electrons. The van der Waals surface area contributed by atoms with Gasteiger partial charge in [0.2, 0.25) is 0 Å². The molecule has 2 rings (SSSR count). The maximum atomic E-state index is 11.2. The molecule has 0 saturated heterocycles. The van der Waals surface area contributed by atoms with Crippen molar-refractivity contribution >= 4 is 5.78 Å². The van der Waals surface area contributed by atoms with E-state index in [-0.39, 0.29) is 0 Å². The van der Waals surface area contributed by atoms with Crippen molar-refractivity contribution < 1.29 is 4.79 Å². The summed E-state index contributed by atoms with van der Waals surface area (Å²) in [6, 6.07) is 0. The SMILES string of the molecule is O=C1CC[C@@H]2CCC[C@H](C1)C2. The van der Waals surface area contributed by atoms with Crippen molar-refractivity contribution in [1.29, 1.82) is 0 Å². The Labute approximate surface area is 68.2 Å². The average molecular weight is 152 g/mol. The van der Waals surface area contributed by atoms with Crippen molar-refractivity contribution in [3.63, 3.8) is 0 Å². The van der Waals surface area contributed by atoms with Gasteiger partial charge in [-0.2, -0.15) is 0 Å². The van der Waals surface area contributed by atoms with Crippen LogP contribution in [0.1, 0.15) is 44.9 Å². The molecule has 11 heavy (non-hydrogen) atoms. The Morgan fingerprint density at radius 1 is 1.09 bits per heavy atom. The van der Waals surface area contributed by atoms with Crippen LogP contribution in [-0.2, 0) is 4.79 Å². The van der Waals surface area contributed by atoms with Gasteiger partial charge in [-0.05, 0) is 24.7 Å². The Morgan fingerprint density at radius 2 is 1.91 bits per heavy atom. The van der Waals surface area contributed by atoms with Crippen LogP contribution >= 0.6 is 0 Å². The first-order chi connectivity index (χ1) is 5.34. The summed E-state index contributed by atoms with van der Waals surface area (Å²) >= 11 is 0. The van der Waals surface area contributed by atoms with Crippen molar-refractivity contribution in [2.45, 2.75) is 44.9 Å². The van der Waals surface area contributed by atoms with E-state index in [1.54, 1.807) is 0 Å². The third-order valence-electron chi connectivity index (χ3n) is 3.24. The monoisotopic (exact) mass is 152 g/mol. The molecule has 0 aliphatic heterocycles. The summed E-state index contributed by atoms with van der Waals surface area (Å²) < 4.78 is 0. The second-order valence-electron chi connectivity index (χ2n) is 4.18. The topological polar surface area (TPSA) is 17.1 Å². The highest BCUT2D eigenvalue weighted by Gasteiger charge is 2.27. The van der Waals surface area contributed by atoms with Crippen molar-refractivity contribution in [2.24, 2.45) is 11.8 Å². The Bertz CT molecular complexity index is 162. The second-order valence-corrected chi connectivity index (χ2v) is 4.18. The molecular formula is C10H16O. The lowest BCUT2D eigenvalue weighted by atomic mass is 9.81. The van der Waals surface area contributed by atoms with Crippen LogP contribution in [0.15, 0.2) is 0 Å². The van der Waals surface area contributed by atoms with E-state index in [0.29, 0.717) is 5.78 Å². The Kier molecular flexibility index (Phi) is 1.97. The summed E-state index contributed by atoms with van der Waals surface area (Å²) in [6.45, 7) is 0. The molecule has 0 heterocycles. The van der Waals surface area contributed by atoms with Crippen LogP contribution in [0.3, 0.4) is 0 Å². The van der Waals surface area contributed by atoms with E-state index in [2.05, 4.69) is 0 Å². The van der Waals surface area contributed by atoms with Crippen molar-refractivity contribution in [2.75, 3.05) is 0 Å². The number of fused-ring (bicyclic) bond motifs is 2. The van der Waals surface area contributed by atoms with Gasteiger partial charge in [-0.1, -0.05) is 19.3 Å². The first kappa shape index (κ1) is 7.33. The lowest BCUT2D eigenvalue weighted by Gasteiger charge is -2.25. The Morgan fingerprint density at radius 3 is 2.82 bits per heavy atom. The summed E-state index contributed by atoms with van der Waals surface area (Å²) in [5.74, 6) is 2.20. The summed E-state index contributed by atoms with van der Waals surface area (Å²) in [7, 11) is 0. The van der Waals surface area contributed by atoms with E-state index in [1.165, 1.54) is 32.1 Å². The maximum absolute atomic E-state index is 11.2. The summed E-state index contributed by atoms with van der Waals surface area (Å²) in [5.41, 5.74) is 0. The van der Waals surface area contributed by atoms with E-state index in [9.17, 15) is 4.79 Å². The molecule has 2 aliphatic carbocycles. The molecular weight excluding hydrogens is 136 g/mol. The normalized spacial score (nSPS) is 38.4. The number of carbonyl (C=O) groups is 1. The lowest BCUT2D eigenvalue weighted by Crippen LogP contribution is -2.13. The number of hydrogen-bond acceptors (Lipinski definition) is 1. The molecule has 0 N–H and O–H groups in total. The molecule has 0 amide bonds. The minimum Gasteiger partial charge on any atom is -0.300 e. The minimum absolute atomic E-state index is 0.527. The molecule has 2 saturated carbocycles. The van der Waals surface area contributed by atoms with E-state index < -0.39 is 0 Å². The number of ketones is 1. The highest BCUT2D eigenvalue weighted by molar-refractivity contribution is 5.78. The van der Waals surface area contributed by atoms with Crippen LogP contribution in [0.4, 0.5) is 0 Å². The van der Waals surface area contributed by atoms with Gasteiger partial charge < -0.3 is 0 Å². The van der Waals surface area contributed by atoms with Gasteiger partial charge in [-0.25, -0.2) is 0 Å². The molecule has 2 fully saturated rings. The number of carbonyl (C=O) groups excluding carboxylic acids is 1. The van der Waals surface area contributed by atoms with Gasteiger partial charge >= 0.3 is 0 Å². The van der Waals surface area contributed by atoms with Crippen LogP contribution in [0.5, 0.6) is 0 Å². The molecule has 2 atom stereocenters. The van der Waals surface area contributed by atoms with Gasteiger partial charge in [0.1, 0.15) is 5.78 Å². The fraction of sp³-hybridized carbons (Fsp3) is 0.900. The first-order valence-electron chi connectivity index (χ1n) is 4.86. The average Bonchev–Trinajstić information content (AvgIpc) is 2.12. The number of Topliss-reactive ketones (excluding diaryl/α,β-unsaturated/α-hetero) is 1. The van der Waals surface area contributed by atoms with Gasteiger partial charge in [0.15, 0.2) is 0 Å². The standard InChI is InChI=1S/C10H16O/c11-10-5-4-8-2-1-3-9(6-8)7-10/h8-9H,1-7H2/t8-,9-/m0/s1. The quantitative estimate of drug-likeness (QED) is 0.521. The highest BCUT2D eigenvalue weighted by atomic mass is 16.1. The van der Waals surface area contributed by atoms with Gasteiger partial charge in [-0.3, -0.25) is 4.79 Å². The predicted octanol–water partition coefficient (Wildman–Crippen LogP) is 2.55. The van der Waals surface area contributed by atoms with Crippen LogP contribution in [-0.4, -0.2) is 5.78 Å². The first-order valence-corrected chi connectivity index (χ1v) is 4.86. The van der Waals surface area contributed by atoms with Gasteiger partial charge in [-0.15, -0.1) is 0 Å². The summed E-state index contributed by atoms with van der Waals surface area (Å²) in [6.07, 6.45) is 8.41. The molecule has 1 heteroatoms. The molecule has 2 aliphatic rings. The molecule has 0 aromatic heterocycles. The van der Waals surface area contributed by atoms with Gasteiger partial charge in [0.05, 0.1) is 0 Å². The van der Waals surface area contributed by atoms with E-state index in [0.717, 1.165) is 24.7 Å². The van der Waals surface area contributed by atoms with Crippen LogP contribution in [0, 0.1) is 11.8 Å². The zero-order chi connectivity index (χ0) is 7.68. The molecule has 62 valence electrons. The van der Waals surface area contributed by atoms with Crippen molar-refractivity contribution in [1.82, 2.24) is 0 Å². The van der Waals surface area contributed by atoms with E-state index >= 15 is 0 Å². The van der Waals surface area contributed by atoms with Gasteiger partial charge in [0.25, 0.3) is 0 Å². The molecule has 0 aromatic carbocycles. The van der Waals surface area contributed by atoms with Crippen molar-refractivity contribution in [3.05, 3.63) is 0 Å². The summed E-state index contributed by atoms with van der Waals surface area (Å²) in [4.78, 5) is 11.2. The number of hydrogen-bond donors (Lipinski definition) is 0. The van der Waals surface area contributed by atoms with Gasteiger partial charge in [0, 0.05) is 12.8 Å². The summed E-state index contributed by atoms with van der Waals surface area (Å²) in [5, 5.41) is 0. The Balaban J connectivity index is 2.04. The fourth-order valence-corrected chi connectivity index (χ4v) is 2.64. The largest absolute Gasteiger partial charge is 0.300 e. The molecule has 2 bridgehead atoms. The molecule has 0 unspecified atom stereocenters. The predicted molar refractivity (Wildman–Crippen MR) is 44.3 cm³/mol. The van der Waals surface area contributed by atoms with Crippen LogP contribution in [0.25, 0.3) is 0 Å². The lowest BCUT2D eigenvalue weighted by molar-refractivity contribution is -0.119. The maximum Gasteiger partial charge on any atom is 0.133 e. The second kappa shape index (κ2) is 2.96. The smallest absolute Gasteiger partial charge is 0.133 e. The third-order valence-corrected chi connectivity index (χ3v) is 3.24. The fourth-order valence-electron chi connectivity index (χ4n) is 2.64. The van der Waals surface area contributed by atoms with Crippen LogP contribution in [0.2, 0.25) is 0 Å². The van der Waals surface area contributed by atoms with E-state index in [1.807, 2.05) is 0 Å². The molecule has 0 aromatic rings. The zero-order valence-corrected chi connectivity index (χ0v) is 7.01. The Hall–Kier alpha value is -0.330.